The normalized spacial score (nSPS) is 18.1. The number of nitrogens with one attached hydrogen (secondary N) is 1. The molecule has 0 spiro atoms. The van der Waals surface area contributed by atoms with Crippen molar-refractivity contribution in [1.82, 2.24) is 5.32 Å². The van der Waals surface area contributed by atoms with Crippen molar-refractivity contribution >= 4 is 23.2 Å². The molecule has 0 saturated heterocycles. The number of benzene rings is 1. The molecule has 18 heavy (non-hydrogen) atoms. The molecular formula is C13H15ClN2O2. The Balaban J connectivity index is 1.95. The zero-order valence-electron chi connectivity index (χ0n) is 10.1. The summed E-state index contributed by atoms with van der Waals surface area (Å²) < 4.78 is 0. The second-order valence-corrected chi connectivity index (χ2v) is 4.57. The quantitative estimate of drug-likeness (QED) is 0.910. The minimum atomic E-state index is -0.512. The van der Waals surface area contributed by atoms with E-state index in [1.807, 2.05) is 19.1 Å². The zero-order chi connectivity index (χ0) is 13.0. The fraction of sp³-hybridized carbons (Fsp3) is 0.385. The van der Waals surface area contributed by atoms with E-state index >= 15 is 0 Å². The van der Waals surface area contributed by atoms with Crippen molar-refractivity contribution in [2.75, 3.05) is 6.54 Å². The number of nitrogens with zero attached hydrogens (tertiary/aromatic N) is 1. The van der Waals surface area contributed by atoms with Crippen molar-refractivity contribution in [3.63, 3.8) is 0 Å². The molecule has 2 rings (SSSR count). The molecule has 1 atom stereocenters. The van der Waals surface area contributed by atoms with Gasteiger partial charge < -0.3 is 10.2 Å². The molecule has 1 aliphatic rings. The van der Waals surface area contributed by atoms with E-state index in [1.165, 1.54) is 0 Å². The third kappa shape index (κ3) is 3.01. The number of oxime groups is 1. The van der Waals surface area contributed by atoms with Gasteiger partial charge in [0.15, 0.2) is 0 Å². The molecule has 0 bridgehead atoms. The van der Waals surface area contributed by atoms with Crippen LogP contribution in [0.2, 0.25) is 5.02 Å². The Morgan fingerprint density at radius 1 is 1.50 bits per heavy atom. The maximum absolute atomic E-state index is 11.7. The van der Waals surface area contributed by atoms with Crippen LogP contribution in [0.5, 0.6) is 0 Å². The highest BCUT2D eigenvalue weighted by Crippen LogP contribution is 2.18. The lowest BCUT2D eigenvalue weighted by Crippen LogP contribution is -2.35. The molecule has 96 valence electrons. The van der Waals surface area contributed by atoms with Crippen LogP contribution < -0.4 is 5.32 Å². The van der Waals surface area contributed by atoms with E-state index in [2.05, 4.69) is 10.5 Å². The van der Waals surface area contributed by atoms with Gasteiger partial charge in [-0.1, -0.05) is 35.8 Å². The predicted molar refractivity (Wildman–Crippen MR) is 70.8 cm³/mol. The number of rotatable bonds is 4. The summed E-state index contributed by atoms with van der Waals surface area (Å²) in [4.78, 5) is 16.9. The van der Waals surface area contributed by atoms with Gasteiger partial charge in [0.25, 0.3) is 5.91 Å². The fourth-order valence-electron chi connectivity index (χ4n) is 1.69. The Morgan fingerprint density at radius 2 is 2.22 bits per heavy atom. The van der Waals surface area contributed by atoms with Gasteiger partial charge >= 0.3 is 0 Å². The molecule has 0 saturated carbocycles. The lowest BCUT2D eigenvalue weighted by atomic mass is 10.0. The van der Waals surface area contributed by atoms with Gasteiger partial charge in [0.1, 0.15) is 0 Å². The first kappa shape index (κ1) is 12.9. The molecule has 4 nitrogen and oxygen atoms in total. The molecule has 1 heterocycles. The SMILES string of the molecule is CCCNC(=O)C1CC(c2ccc(Cl)cc2)=NO1. The standard InChI is InChI=1S/C13H15ClN2O2/c1-2-7-15-13(17)12-8-11(16-18-12)9-3-5-10(14)6-4-9/h3-6,12H,2,7-8H2,1H3,(H,15,17). The molecule has 1 aliphatic heterocycles. The smallest absolute Gasteiger partial charge is 0.264 e. The van der Waals surface area contributed by atoms with Crippen LogP contribution >= 0.6 is 11.6 Å². The van der Waals surface area contributed by atoms with Crippen LogP contribution in [0.4, 0.5) is 0 Å². The minimum Gasteiger partial charge on any atom is -0.382 e. The number of amides is 1. The highest BCUT2D eigenvalue weighted by atomic mass is 35.5. The van der Waals surface area contributed by atoms with Crippen molar-refractivity contribution in [1.29, 1.82) is 0 Å². The number of hydrogen-bond acceptors (Lipinski definition) is 3. The summed E-state index contributed by atoms with van der Waals surface area (Å²) in [5.41, 5.74) is 1.72. The molecule has 1 amide bonds. The van der Waals surface area contributed by atoms with Crippen LogP contribution in [0.15, 0.2) is 29.4 Å². The average Bonchev–Trinajstić information content (AvgIpc) is 2.86. The Kier molecular flexibility index (Phi) is 4.20. The number of hydrogen-bond donors (Lipinski definition) is 1. The maximum Gasteiger partial charge on any atom is 0.264 e. The van der Waals surface area contributed by atoms with Crippen LogP contribution in [0.1, 0.15) is 25.3 Å². The maximum atomic E-state index is 11.7. The van der Waals surface area contributed by atoms with Gasteiger partial charge in [-0.25, -0.2) is 0 Å². The molecule has 1 unspecified atom stereocenters. The number of carbonyl (C=O) groups excluding carboxylic acids is 1. The van der Waals surface area contributed by atoms with Gasteiger partial charge in [-0.3, -0.25) is 4.79 Å². The van der Waals surface area contributed by atoms with E-state index < -0.39 is 6.10 Å². The van der Waals surface area contributed by atoms with Gasteiger partial charge in [-0.15, -0.1) is 0 Å². The molecule has 1 N–H and O–H groups in total. The lowest BCUT2D eigenvalue weighted by Gasteiger charge is -2.08. The second-order valence-electron chi connectivity index (χ2n) is 4.13. The first-order valence-corrected chi connectivity index (χ1v) is 6.35. The summed E-state index contributed by atoms with van der Waals surface area (Å²) in [5, 5.41) is 7.43. The molecule has 1 aromatic carbocycles. The summed E-state index contributed by atoms with van der Waals surface area (Å²) >= 11 is 5.82. The van der Waals surface area contributed by atoms with E-state index in [9.17, 15) is 4.79 Å². The summed E-state index contributed by atoms with van der Waals surface area (Å²) in [6, 6.07) is 7.33. The van der Waals surface area contributed by atoms with E-state index in [4.69, 9.17) is 16.4 Å². The first-order valence-electron chi connectivity index (χ1n) is 5.97. The van der Waals surface area contributed by atoms with Crippen molar-refractivity contribution < 1.29 is 9.63 Å². The lowest BCUT2D eigenvalue weighted by molar-refractivity contribution is -0.131. The van der Waals surface area contributed by atoms with E-state index in [-0.39, 0.29) is 5.91 Å². The second kappa shape index (κ2) is 5.87. The Bertz CT molecular complexity index is 457. The largest absolute Gasteiger partial charge is 0.382 e. The monoisotopic (exact) mass is 266 g/mol. The fourth-order valence-corrected chi connectivity index (χ4v) is 1.82. The van der Waals surface area contributed by atoms with Gasteiger partial charge in [0, 0.05) is 18.0 Å². The van der Waals surface area contributed by atoms with Gasteiger partial charge in [-0.05, 0) is 24.1 Å². The van der Waals surface area contributed by atoms with Gasteiger partial charge in [-0.2, -0.15) is 0 Å². The predicted octanol–water partition coefficient (Wildman–Crippen LogP) is 2.36. The molecule has 0 aromatic heterocycles. The summed E-state index contributed by atoms with van der Waals surface area (Å²) in [6.45, 7) is 2.67. The first-order chi connectivity index (χ1) is 8.70. The summed E-state index contributed by atoms with van der Waals surface area (Å²) in [5.74, 6) is -0.107. The third-order valence-corrected chi connectivity index (χ3v) is 2.94. The van der Waals surface area contributed by atoms with Crippen LogP contribution in [0.25, 0.3) is 0 Å². The molecule has 5 heteroatoms. The number of carbonyl (C=O) groups is 1. The molecule has 0 aliphatic carbocycles. The number of halogens is 1. The Labute approximate surface area is 111 Å². The third-order valence-electron chi connectivity index (χ3n) is 2.69. The van der Waals surface area contributed by atoms with Gasteiger partial charge in [0.2, 0.25) is 6.10 Å². The Hall–Kier alpha value is -1.55. The Morgan fingerprint density at radius 3 is 2.89 bits per heavy atom. The van der Waals surface area contributed by atoms with Crippen LogP contribution in [-0.2, 0) is 9.63 Å². The van der Waals surface area contributed by atoms with E-state index in [1.54, 1.807) is 12.1 Å². The summed E-state index contributed by atoms with van der Waals surface area (Å²) in [6.07, 6.45) is 0.891. The molecule has 0 fully saturated rings. The van der Waals surface area contributed by atoms with E-state index in [0.29, 0.717) is 18.0 Å². The minimum absolute atomic E-state index is 0.107. The molecular weight excluding hydrogens is 252 g/mol. The summed E-state index contributed by atoms with van der Waals surface area (Å²) in [7, 11) is 0. The van der Waals surface area contributed by atoms with Crippen molar-refractivity contribution in [3.05, 3.63) is 34.9 Å². The zero-order valence-corrected chi connectivity index (χ0v) is 10.9. The van der Waals surface area contributed by atoms with Gasteiger partial charge in [0.05, 0.1) is 5.71 Å². The molecule has 1 aromatic rings. The highest BCUT2D eigenvalue weighted by molar-refractivity contribution is 6.30. The van der Waals surface area contributed by atoms with Crippen LogP contribution in [0, 0.1) is 0 Å². The van der Waals surface area contributed by atoms with E-state index in [0.717, 1.165) is 17.7 Å². The van der Waals surface area contributed by atoms with Crippen LogP contribution in [0.3, 0.4) is 0 Å². The van der Waals surface area contributed by atoms with Crippen molar-refractivity contribution in [2.24, 2.45) is 5.16 Å². The van der Waals surface area contributed by atoms with Crippen LogP contribution in [-0.4, -0.2) is 24.3 Å². The highest BCUT2D eigenvalue weighted by Gasteiger charge is 2.28. The van der Waals surface area contributed by atoms with Crippen molar-refractivity contribution in [2.45, 2.75) is 25.9 Å². The molecule has 0 radical (unpaired) electrons. The van der Waals surface area contributed by atoms with Crippen molar-refractivity contribution in [3.8, 4) is 0 Å². The average molecular weight is 267 g/mol. The topological polar surface area (TPSA) is 50.7 Å².